The van der Waals surface area contributed by atoms with E-state index in [0.717, 1.165) is 18.4 Å². The molecule has 0 aliphatic carbocycles. The van der Waals surface area contributed by atoms with Crippen molar-refractivity contribution in [1.82, 2.24) is 5.32 Å². The van der Waals surface area contributed by atoms with Crippen molar-refractivity contribution in [2.24, 2.45) is 0 Å². The Morgan fingerprint density at radius 3 is 2.23 bits per heavy atom. The molecule has 116 valence electrons. The Hall–Kier alpha value is -2.09. The maximum Gasteiger partial charge on any atom is 0.224 e. The lowest BCUT2D eigenvalue weighted by atomic mass is 9.99. The minimum atomic E-state index is 0.0827. The number of carbonyl (C=O) groups is 1. The van der Waals surface area contributed by atoms with Crippen molar-refractivity contribution in [3.05, 3.63) is 70.8 Å². The van der Waals surface area contributed by atoms with E-state index in [9.17, 15) is 4.79 Å². The van der Waals surface area contributed by atoms with Gasteiger partial charge in [0, 0.05) is 0 Å². The highest BCUT2D eigenvalue weighted by molar-refractivity contribution is 5.79. The van der Waals surface area contributed by atoms with Crippen molar-refractivity contribution < 1.29 is 4.79 Å². The van der Waals surface area contributed by atoms with Gasteiger partial charge in [0.1, 0.15) is 0 Å². The number of benzene rings is 2. The average molecular weight is 295 g/mol. The molecule has 2 nitrogen and oxygen atoms in total. The number of rotatable bonds is 6. The van der Waals surface area contributed by atoms with E-state index in [1.807, 2.05) is 24.3 Å². The summed E-state index contributed by atoms with van der Waals surface area (Å²) in [5.41, 5.74) is 4.80. The van der Waals surface area contributed by atoms with Gasteiger partial charge in [-0.3, -0.25) is 4.79 Å². The topological polar surface area (TPSA) is 29.1 Å². The summed E-state index contributed by atoms with van der Waals surface area (Å²) in [5, 5.41) is 3.16. The number of amides is 1. The fourth-order valence-corrected chi connectivity index (χ4v) is 2.70. The Bertz CT molecular complexity index is 616. The van der Waals surface area contributed by atoms with Crippen molar-refractivity contribution in [2.75, 3.05) is 0 Å². The van der Waals surface area contributed by atoms with Gasteiger partial charge in [-0.05, 0) is 42.0 Å². The number of hydrogen-bond donors (Lipinski definition) is 1. The molecule has 22 heavy (non-hydrogen) atoms. The van der Waals surface area contributed by atoms with Gasteiger partial charge in [-0.1, -0.05) is 62.4 Å². The van der Waals surface area contributed by atoms with Gasteiger partial charge in [-0.15, -0.1) is 0 Å². The van der Waals surface area contributed by atoms with Crippen LogP contribution in [-0.4, -0.2) is 5.91 Å². The summed E-state index contributed by atoms with van der Waals surface area (Å²) >= 11 is 0. The van der Waals surface area contributed by atoms with Crippen LogP contribution in [0.2, 0.25) is 0 Å². The Morgan fingerprint density at radius 2 is 1.64 bits per heavy atom. The van der Waals surface area contributed by atoms with Gasteiger partial charge in [-0.2, -0.15) is 0 Å². The van der Waals surface area contributed by atoms with E-state index in [0.29, 0.717) is 6.42 Å². The predicted octanol–water partition coefficient (Wildman–Crippen LogP) is 4.37. The standard InChI is InChI=1S/C20H25NO/c1-4-16-10-12-17(13-11-16)14-20(22)21-19(5-2)18-9-7-6-8-15(18)3/h6-13,19H,4-5,14H2,1-3H3,(H,21,22). The van der Waals surface area contributed by atoms with Crippen LogP contribution in [0.15, 0.2) is 48.5 Å². The molecule has 1 unspecified atom stereocenters. The number of aryl methyl sites for hydroxylation is 2. The quantitative estimate of drug-likeness (QED) is 0.842. The molecule has 0 bridgehead atoms. The van der Waals surface area contributed by atoms with Crippen molar-refractivity contribution in [1.29, 1.82) is 0 Å². The Kier molecular flexibility index (Phi) is 5.76. The van der Waals surface area contributed by atoms with E-state index >= 15 is 0 Å². The first-order valence-corrected chi connectivity index (χ1v) is 8.06. The highest BCUT2D eigenvalue weighted by atomic mass is 16.1. The molecule has 0 aliphatic rings. The van der Waals surface area contributed by atoms with Crippen molar-refractivity contribution >= 4 is 5.91 Å². The molecule has 2 rings (SSSR count). The summed E-state index contributed by atoms with van der Waals surface area (Å²) < 4.78 is 0. The zero-order chi connectivity index (χ0) is 15.9. The molecule has 2 heteroatoms. The van der Waals surface area contributed by atoms with Gasteiger partial charge in [-0.25, -0.2) is 0 Å². The minimum absolute atomic E-state index is 0.0827. The zero-order valence-corrected chi connectivity index (χ0v) is 13.7. The fourth-order valence-electron chi connectivity index (χ4n) is 2.70. The molecule has 0 aliphatic heterocycles. The molecule has 2 aromatic carbocycles. The average Bonchev–Trinajstić information content (AvgIpc) is 2.54. The molecule has 0 fully saturated rings. The second kappa shape index (κ2) is 7.79. The molecule has 0 saturated carbocycles. The molecule has 0 aromatic heterocycles. The summed E-state index contributed by atoms with van der Waals surface area (Å²) in [7, 11) is 0. The van der Waals surface area contributed by atoms with Gasteiger partial charge in [0.05, 0.1) is 12.5 Å². The monoisotopic (exact) mass is 295 g/mol. The number of nitrogens with one attached hydrogen (secondary N) is 1. The van der Waals surface area contributed by atoms with Gasteiger partial charge >= 0.3 is 0 Å². The molecule has 1 amide bonds. The Labute approximate surface area is 133 Å². The SMILES string of the molecule is CCc1ccc(CC(=O)NC(CC)c2ccccc2C)cc1. The highest BCUT2D eigenvalue weighted by Gasteiger charge is 2.14. The molecular weight excluding hydrogens is 270 g/mol. The lowest BCUT2D eigenvalue weighted by molar-refractivity contribution is -0.121. The van der Waals surface area contributed by atoms with E-state index in [1.54, 1.807) is 0 Å². The first-order chi connectivity index (χ1) is 10.6. The third kappa shape index (κ3) is 4.20. The largest absolute Gasteiger partial charge is 0.349 e. The molecule has 0 radical (unpaired) electrons. The van der Waals surface area contributed by atoms with Crippen LogP contribution in [0.3, 0.4) is 0 Å². The lowest BCUT2D eigenvalue weighted by Gasteiger charge is -2.19. The molecule has 1 atom stereocenters. The molecule has 2 aromatic rings. The number of carbonyl (C=O) groups excluding carboxylic acids is 1. The molecule has 0 spiro atoms. The summed E-state index contributed by atoms with van der Waals surface area (Å²) in [5.74, 6) is 0.0827. The van der Waals surface area contributed by atoms with Crippen LogP contribution in [0.25, 0.3) is 0 Å². The van der Waals surface area contributed by atoms with Crippen LogP contribution < -0.4 is 5.32 Å². The van der Waals surface area contributed by atoms with Crippen LogP contribution in [0.1, 0.15) is 48.6 Å². The molecule has 0 heterocycles. The predicted molar refractivity (Wildman–Crippen MR) is 91.9 cm³/mol. The Balaban J connectivity index is 2.01. The Morgan fingerprint density at radius 1 is 1.00 bits per heavy atom. The zero-order valence-electron chi connectivity index (χ0n) is 13.7. The van der Waals surface area contributed by atoms with Crippen LogP contribution in [-0.2, 0) is 17.6 Å². The fraction of sp³-hybridized carbons (Fsp3) is 0.350. The summed E-state index contributed by atoms with van der Waals surface area (Å²) in [6.07, 6.45) is 2.36. The molecule has 1 N–H and O–H groups in total. The van der Waals surface area contributed by atoms with Gasteiger partial charge < -0.3 is 5.32 Å². The minimum Gasteiger partial charge on any atom is -0.349 e. The van der Waals surface area contributed by atoms with Crippen molar-refractivity contribution in [2.45, 2.75) is 46.1 Å². The van der Waals surface area contributed by atoms with Crippen LogP contribution in [0.5, 0.6) is 0 Å². The summed E-state index contributed by atoms with van der Waals surface area (Å²) in [4.78, 5) is 12.3. The van der Waals surface area contributed by atoms with Gasteiger partial charge in [0.2, 0.25) is 5.91 Å². The van der Waals surface area contributed by atoms with Crippen LogP contribution in [0, 0.1) is 6.92 Å². The summed E-state index contributed by atoms with van der Waals surface area (Å²) in [6, 6.07) is 16.6. The lowest BCUT2D eigenvalue weighted by Crippen LogP contribution is -2.29. The van der Waals surface area contributed by atoms with Gasteiger partial charge in [0.15, 0.2) is 0 Å². The van der Waals surface area contributed by atoms with E-state index in [2.05, 4.69) is 50.4 Å². The molecular formula is C20H25NO. The van der Waals surface area contributed by atoms with E-state index < -0.39 is 0 Å². The van der Waals surface area contributed by atoms with E-state index in [4.69, 9.17) is 0 Å². The first-order valence-electron chi connectivity index (χ1n) is 8.06. The van der Waals surface area contributed by atoms with Crippen molar-refractivity contribution in [3.63, 3.8) is 0 Å². The first kappa shape index (κ1) is 16.3. The normalized spacial score (nSPS) is 12.0. The maximum absolute atomic E-state index is 12.3. The second-order valence-corrected chi connectivity index (χ2v) is 5.73. The second-order valence-electron chi connectivity index (χ2n) is 5.73. The van der Waals surface area contributed by atoms with Gasteiger partial charge in [0.25, 0.3) is 0 Å². The molecule has 0 saturated heterocycles. The number of hydrogen-bond acceptors (Lipinski definition) is 1. The van der Waals surface area contributed by atoms with E-state index in [1.165, 1.54) is 16.7 Å². The maximum atomic E-state index is 12.3. The van der Waals surface area contributed by atoms with Crippen LogP contribution >= 0.6 is 0 Å². The smallest absolute Gasteiger partial charge is 0.224 e. The third-order valence-electron chi connectivity index (χ3n) is 4.10. The third-order valence-corrected chi connectivity index (χ3v) is 4.10. The van der Waals surface area contributed by atoms with E-state index in [-0.39, 0.29) is 11.9 Å². The van der Waals surface area contributed by atoms with Crippen LogP contribution in [0.4, 0.5) is 0 Å². The summed E-state index contributed by atoms with van der Waals surface area (Å²) in [6.45, 7) is 6.33. The van der Waals surface area contributed by atoms with Crippen molar-refractivity contribution in [3.8, 4) is 0 Å². The highest BCUT2D eigenvalue weighted by Crippen LogP contribution is 2.20.